The molecule has 2 N–H and O–H groups in total. The third-order valence-corrected chi connectivity index (χ3v) is 4.16. The summed E-state index contributed by atoms with van der Waals surface area (Å²) in [4.78, 5) is 12.2. The minimum Gasteiger partial charge on any atom is -0.393 e. The lowest BCUT2D eigenvalue weighted by Crippen LogP contribution is -2.33. The fourth-order valence-electron chi connectivity index (χ4n) is 2.78. The van der Waals surface area contributed by atoms with Crippen molar-refractivity contribution in [2.24, 2.45) is 5.92 Å². The van der Waals surface area contributed by atoms with Gasteiger partial charge in [-0.3, -0.25) is 4.79 Å². The summed E-state index contributed by atoms with van der Waals surface area (Å²) >= 11 is 0. The van der Waals surface area contributed by atoms with Crippen LogP contribution in [0.5, 0.6) is 0 Å². The number of hydrogen-bond donors (Lipinski definition) is 2. The van der Waals surface area contributed by atoms with E-state index in [0.717, 1.165) is 42.4 Å². The van der Waals surface area contributed by atoms with E-state index < -0.39 is 0 Å². The van der Waals surface area contributed by atoms with Crippen LogP contribution in [-0.2, 0) is 0 Å². The normalized spacial score (nSPS) is 23.1. The van der Waals surface area contributed by atoms with Gasteiger partial charge in [0.2, 0.25) is 0 Å². The van der Waals surface area contributed by atoms with Crippen LogP contribution in [0.1, 0.15) is 47.2 Å². The van der Waals surface area contributed by atoms with E-state index in [-0.39, 0.29) is 12.0 Å². The van der Waals surface area contributed by atoms with Crippen LogP contribution in [0, 0.1) is 19.8 Å². The van der Waals surface area contributed by atoms with E-state index in [9.17, 15) is 9.90 Å². The van der Waals surface area contributed by atoms with Gasteiger partial charge in [-0.1, -0.05) is 18.6 Å². The molecular weight excluding hydrogens is 238 g/mol. The van der Waals surface area contributed by atoms with Crippen molar-refractivity contribution in [1.82, 2.24) is 5.32 Å². The third-order valence-electron chi connectivity index (χ3n) is 4.16. The van der Waals surface area contributed by atoms with Gasteiger partial charge in [0.1, 0.15) is 0 Å². The molecule has 0 saturated heterocycles. The Labute approximate surface area is 115 Å². The Bertz CT molecular complexity index is 456. The summed E-state index contributed by atoms with van der Waals surface area (Å²) in [7, 11) is 0. The van der Waals surface area contributed by atoms with Gasteiger partial charge in [-0.05, 0) is 56.2 Å². The second-order valence-electron chi connectivity index (χ2n) is 5.64. The number of carbonyl (C=O) groups is 1. The van der Waals surface area contributed by atoms with Crippen LogP contribution in [0.4, 0.5) is 0 Å². The molecule has 1 aromatic carbocycles. The maximum atomic E-state index is 12.2. The standard InChI is InChI=1S/C16H23NO2/c1-11-5-3-8-15(12(11)2)16(19)17-10-13-6-4-7-14(18)9-13/h3,5,8,13-14,18H,4,6-7,9-10H2,1-2H3,(H,17,19). The van der Waals surface area contributed by atoms with E-state index in [1.54, 1.807) is 0 Å². The van der Waals surface area contributed by atoms with Gasteiger partial charge in [0.05, 0.1) is 6.10 Å². The van der Waals surface area contributed by atoms with Gasteiger partial charge in [0, 0.05) is 12.1 Å². The molecule has 19 heavy (non-hydrogen) atoms. The van der Waals surface area contributed by atoms with Crippen molar-refractivity contribution in [3.8, 4) is 0 Å². The monoisotopic (exact) mass is 261 g/mol. The first-order valence-electron chi connectivity index (χ1n) is 7.10. The first kappa shape index (κ1) is 14.1. The maximum Gasteiger partial charge on any atom is 0.251 e. The molecule has 1 aliphatic rings. The molecule has 104 valence electrons. The molecule has 2 rings (SSSR count). The quantitative estimate of drug-likeness (QED) is 0.878. The lowest BCUT2D eigenvalue weighted by atomic mass is 9.87. The number of hydrogen-bond acceptors (Lipinski definition) is 2. The van der Waals surface area contributed by atoms with Crippen LogP contribution in [-0.4, -0.2) is 23.7 Å². The molecule has 3 heteroatoms. The van der Waals surface area contributed by atoms with E-state index in [1.165, 1.54) is 0 Å². The lowest BCUT2D eigenvalue weighted by Gasteiger charge is -2.26. The summed E-state index contributed by atoms with van der Waals surface area (Å²) in [5.41, 5.74) is 2.95. The number of carbonyl (C=O) groups excluding carboxylic acids is 1. The van der Waals surface area contributed by atoms with Crippen LogP contribution in [0.25, 0.3) is 0 Å². The molecule has 1 fully saturated rings. The molecule has 2 atom stereocenters. The Morgan fingerprint density at radius 1 is 1.37 bits per heavy atom. The predicted octanol–water partition coefficient (Wildman–Crippen LogP) is 2.58. The van der Waals surface area contributed by atoms with E-state index in [0.29, 0.717) is 12.5 Å². The third kappa shape index (κ3) is 3.57. The second-order valence-corrected chi connectivity index (χ2v) is 5.64. The molecule has 0 aromatic heterocycles. The predicted molar refractivity (Wildman–Crippen MR) is 76.2 cm³/mol. The Hall–Kier alpha value is -1.35. The molecule has 1 aromatic rings. The van der Waals surface area contributed by atoms with Gasteiger partial charge in [0.15, 0.2) is 0 Å². The SMILES string of the molecule is Cc1cccc(C(=O)NCC2CCCC(O)C2)c1C. The number of aliphatic hydroxyl groups is 1. The van der Waals surface area contributed by atoms with Gasteiger partial charge in [-0.25, -0.2) is 0 Å². The summed E-state index contributed by atoms with van der Waals surface area (Å²) in [5.74, 6) is 0.416. The number of aliphatic hydroxyl groups excluding tert-OH is 1. The molecule has 1 saturated carbocycles. The fourth-order valence-corrected chi connectivity index (χ4v) is 2.78. The van der Waals surface area contributed by atoms with Crippen LogP contribution in [0.15, 0.2) is 18.2 Å². The highest BCUT2D eigenvalue weighted by molar-refractivity contribution is 5.95. The zero-order chi connectivity index (χ0) is 13.8. The highest BCUT2D eigenvalue weighted by Crippen LogP contribution is 2.23. The summed E-state index contributed by atoms with van der Waals surface area (Å²) in [6.45, 7) is 4.67. The number of amides is 1. The van der Waals surface area contributed by atoms with Crippen LogP contribution < -0.4 is 5.32 Å². The summed E-state index contributed by atoms with van der Waals surface area (Å²) in [5, 5.41) is 12.6. The topological polar surface area (TPSA) is 49.3 Å². The fraction of sp³-hybridized carbons (Fsp3) is 0.562. The van der Waals surface area contributed by atoms with Gasteiger partial charge in [0.25, 0.3) is 5.91 Å². The van der Waals surface area contributed by atoms with Gasteiger partial charge < -0.3 is 10.4 Å². The molecule has 2 unspecified atom stereocenters. The number of aryl methyl sites for hydroxylation is 1. The number of rotatable bonds is 3. The Kier molecular flexibility index (Phi) is 4.59. The molecule has 1 aliphatic carbocycles. The van der Waals surface area contributed by atoms with Crippen molar-refractivity contribution in [2.45, 2.75) is 45.6 Å². The number of nitrogens with one attached hydrogen (secondary N) is 1. The van der Waals surface area contributed by atoms with Crippen molar-refractivity contribution < 1.29 is 9.90 Å². The van der Waals surface area contributed by atoms with Crippen molar-refractivity contribution in [2.75, 3.05) is 6.54 Å². The minimum atomic E-state index is -0.184. The van der Waals surface area contributed by atoms with E-state index in [2.05, 4.69) is 5.32 Å². The molecule has 0 spiro atoms. The van der Waals surface area contributed by atoms with Gasteiger partial charge in [-0.2, -0.15) is 0 Å². The van der Waals surface area contributed by atoms with E-state index >= 15 is 0 Å². The van der Waals surface area contributed by atoms with Crippen molar-refractivity contribution in [1.29, 1.82) is 0 Å². The first-order valence-corrected chi connectivity index (χ1v) is 7.10. The lowest BCUT2D eigenvalue weighted by molar-refractivity contribution is 0.0873. The van der Waals surface area contributed by atoms with Crippen molar-refractivity contribution in [3.05, 3.63) is 34.9 Å². The van der Waals surface area contributed by atoms with Crippen LogP contribution in [0.3, 0.4) is 0 Å². The molecular formula is C16H23NO2. The maximum absolute atomic E-state index is 12.2. The number of benzene rings is 1. The van der Waals surface area contributed by atoms with Gasteiger partial charge in [-0.15, -0.1) is 0 Å². The van der Waals surface area contributed by atoms with E-state index in [1.807, 2.05) is 32.0 Å². The van der Waals surface area contributed by atoms with Gasteiger partial charge >= 0.3 is 0 Å². The first-order chi connectivity index (χ1) is 9.08. The molecule has 0 heterocycles. The van der Waals surface area contributed by atoms with Crippen LogP contribution in [0.2, 0.25) is 0 Å². The molecule has 1 amide bonds. The minimum absolute atomic E-state index is 0.00117. The Balaban J connectivity index is 1.92. The summed E-state index contributed by atoms with van der Waals surface area (Å²) in [6.07, 6.45) is 3.69. The molecule has 0 bridgehead atoms. The molecule has 3 nitrogen and oxygen atoms in total. The summed E-state index contributed by atoms with van der Waals surface area (Å²) in [6, 6.07) is 5.80. The average Bonchev–Trinajstić information content (AvgIpc) is 2.39. The molecule has 0 aliphatic heterocycles. The van der Waals surface area contributed by atoms with E-state index in [4.69, 9.17) is 0 Å². The Morgan fingerprint density at radius 3 is 2.89 bits per heavy atom. The highest BCUT2D eigenvalue weighted by Gasteiger charge is 2.21. The summed E-state index contributed by atoms with van der Waals surface area (Å²) < 4.78 is 0. The zero-order valence-corrected chi connectivity index (χ0v) is 11.8. The Morgan fingerprint density at radius 2 is 2.16 bits per heavy atom. The van der Waals surface area contributed by atoms with Crippen LogP contribution >= 0.6 is 0 Å². The van der Waals surface area contributed by atoms with Crippen molar-refractivity contribution in [3.63, 3.8) is 0 Å². The highest BCUT2D eigenvalue weighted by atomic mass is 16.3. The van der Waals surface area contributed by atoms with Crippen molar-refractivity contribution >= 4 is 5.91 Å². The largest absolute Gasteiger partial charge is 0.393 e. The average molecular weight is 261 g/mol. The second kappa shape index (κ2) is 6.20. The smallest absolute Gasteiger partial charge is 0.251 e. The molecule has 0 radical (unpaired) electrons. The zero-order valence-electron chi connectivity index (χ0n) is 11.8.